The van der Waals surface area contributed by atoms with Crippen LogP contribution in [-0.2, 0) is 6.54 Å². The number of pyridine rings is 1. The second kappa shape index (κ2) is 5.79. The lowest BCUT2D eigenvalue weighted by atomic mass is 10.3. The second-order valence-corrected chi connectivity index (χ2v) is 3.53. The van der Waals surface area contributed by atoms with Crippen molar-refractivity contribution in [1.82, 2.24) is 15.0 Å². The van der Waals surface area contributed by atoms with E-state index in [0.29, 0.717) is 6.54 Å². The molecule has 0 unspecified atom stereocenters. The zero-order valence-corrected chi connectivity index (χ0v) is 9.72. The molecule has 2 aromatic heterocycles. The smallest absolute Gasteiger partial charge is 0.147 e. The summed E-state index contributed by atoms with van der Waals surface area (Å²) >= 11 is 0. The van der Waals surface area contributed by atoms with Crippen LogP contribution in [0.15, 0.2) is 36.9 Å². The summed E-state index contributed by atoms with van der Waals surface area (Å²) in [4.78, 5) is 12.5. The monoisotopic (exact) mass is 229 g/mol. The van der Waals surface area contributed by atoms with Crippen molar-refractivity contribution in [2.45, 2.75) is 13.5 Å². The molecule has 0 saturated carbocycles. The first-order valence-electron chi connectivity index (χ1n) is 5.57. The van der Waals surface area contributed by atoms with Gasteiger partial charge in [0.1, 0.15) is 11.6 Å². The Kier molecular flexibility index (Phi) is 3.85. The number of anilines is 2. The van der Waals surface area contributed by atoms with E-state index in [-0.39, 0.29) is 0 Å². The molecule has 2 rings (SSSR count). The minimum Gasteiger partial charge on any atom is -0.369 e. The van der Waals surface area contributed by atoms with Crippen LogP contribution in [-0.4, -0.2) is 21.5 Å². The van der Waals surface area contributed by atoms with Gasteiger partial charge in [0, 0.05) is 25.5 Å². The van der Waals surface area contributed by atoms with Gasteiger partial charge in [-0.25, -0.2) is 4.98 Å². The molecule has 5 nitrogen and oxygen atoms in total. The van der Waals surface area contributed by atoms with Crippen LogP contribution in [0, 0.1) is 0 Å². The number of hydrogen-bond acceptors (Lipinski definition) is 5. The fourth-order valence-corrected chi connectivity index (χ4v) is 1.41. The predicted molar refractivity (Wildman–Crippen MR) is 67.8 cm³/mol. The number of rotatable bonds is 5. The molecule has 5 heteroatoms. The molecule has 0 aliphatic rings. The van der Waals surface area contributed by atoms with E-state index in [1.54, 1.807) is 24.8 Å². The first-order chi connectivity index (χ1) is 8.38. The van der Waals surface area contributed by atoms with E-state index in [2.05, 4.69) is 25.6 Å². The topological polar surface area (TPSA) is 62.7 Å². The third-order valence-electron chi connectivity index (χ3n) is 2.22. The van der Waals surface area contributed by atoms with E-state index < -0.39 is 0 Å². The average Bonchev–Trinajstić information content (AvgIpc) is 2.39. The molecule has 2 heterocycles. The van der Waals surface area contributed by atoms with Gasteiger partial charge in [-0.15, -0.1) is 0 Å². The molecule has 0 fully saturated rings. The van der Waals surface area contributed by atoms with Gasteiger partial charge in [-0.3, -0.25) is 9.97 Å². The Hall–Kier alpha value is -2.17. The Balaban J connectivity index is 1.97. The minimum atomic E-state index is 0.715. The summed E-state index contributed by atoms with van der Waals surface area (Å²) in [6.07, 6.45) is 6.97. The van der Waals surface area contributed by atoms with Crippen LogP contribution in [0.1, 0.15) is 12.5 Å². The lowest BCUT2D eigenvalue weighted by Gasteiger charge is -2.07. The van der Waals surface area contributed by atoms with Crippen LogP contribution >= 0.6 is 0 Å². The molecule has 0 aliphatic heterocycles. The Morgan fingerprint density at radius 3 is 2.41 bits per heavy atom. The van der Waals surface area contributed by atoms with E-state index >= 15 is 0 Å². The fraction of sp³-hybridized carbons (Fsp3) is 0.250. The normalized spacial score (nSPS) is 9.94. The molecule has 0 bridgehead atoms. The second-order valence-electron chi connectivity index (χ2n) is 3.53. The highest BCUT2D eigenvalue weighted by molar-refractivity contribution is 5.41. The third-order valence-corrected chi connectivity index (χ3v) is 2.22. The maximum Gasteiger partial charge on any atom is 0.147 e. The molecular weight excluding hydrogens is 214 g/mol. The SMILES string of the molecule is CCNc1cncc(NCc2ccncc2)n1. The van der Waals surface area contributed by atoms with Crippen molar-refractivity contribution >= 4 is 11.6 Å². The van der Waals surface area contributed by atoms with Crippen molar-refractivity contribution in [2.75, 3.05) is 17.2 Å². The lowest BCUT2D eigenvalue weighted by Crippen LogP contribution is -2.05. The van der Waals surface area contributed by atoms with Crippen LogP contribution in [0.25, 0.3) is 0 Å². The summed E-state index contributed by atoms with van der Waals surface area (Å²) in [5.41, 5.74) is 1.16. The van der Waals surface area contributed by atoms with Gasteiger partial charge in [0.05, 0.1) is 12.4 Å². The quantitative estimate of drug-likeness (QED) is 0.820. The fourth-order valence-electron chi connectivity index (χ4n) is 1.41. The highest BCUT2D eigenvalue weighted by atomic mass is 15.1. The molecule has 2 aromatic rings. The van der Waals surface area contributed by atoms with E-state index in [1.807, 2.05) is 19.1 Å². The van der Waals surface area contributed by atoms with Gasteiger partial charge < -0.3 is 10.6 Å². The summed E-state index contributed by atoms with van der Waals surface area (Å²) < 4.78 is 0. The highest BCUT2D eigenvalue weighted by Crippen LogP contribution is 2.07. The van der Waals surface area contributed by atoms with Gasteiger partial charge in [-0.2, -0.15) is 0 Å². The largest absolute Gasteiger partial charge is 0.369 e. The number of nitrogens with zero attached hydrogens (tertiary/aromatic N) is 3. The Bertz CT molecular complexity index is 457. The molecule has 0 saturated heterocycles. The van der Waals surface area contributed by atoms with Crippen molar-refractivity contribution in [3.8, 4) is 0 Å². The van der Waals surface area contributed by atoms with Gasteiger partial charge in [0.15, 0.2) is 0 Å². The van der Waals surface area contributed by atoms with Crippen LogP contribution in [0.2, 0.25) is 0 Å². The van der Waals surface area contributed by atoms with Crippen LogP contribution in [0.3, 0.4) is 0 Å². The van der Waals surface area contributed by atoms with E-state index in [0.717, 1.165) is 23.7 Å². The highest BCUT2D eigenvalue weighted by Gasteiger charge is 1.97. The van der Waals surface area contributed by atoms with Crippen molar-refractivity contribution < 1.29 is 0 Å². The summed E-state index contributed by atoms with van der Waals surface area (Å²) in [5, 5.41) is 6.34. The van der Waals surface area contributed by atoms with Crippen LogP contribution < -0.4 is 10.6 Å². The van der Waals surface area contributed by atoms with E-state index in [9.17, 15) is 0 Å². The molecule has 0 atom stereocenters. The zero-order valence-electron chi connectivity index (χ0n) is 9.72. The van der Waals surface area contributed by atoms with Gasteiger partial charge >= 0.3 is 0 Å². The maximum atomic E-state index is 4.38. The van der Waals surface area contributed by atoms with Crippen molar-refractivity contribution in [3.63, 3.8) is 0 Å². The summed E-state index contributed by atoms with van der Waals surface area (Å²) in [6, 6.07) is 3.93. The third kappa shape index (κ3) is 3.41. The molecule has 88 valence electrons. The summed E-state index contributed by atoms with van der Waals surface area (Å²) in [7, 11) is 0. The van der Waals surface area contributed by atoms with Crippen molar-refractivity contribution in [3.05, 3.63) is 42.5 Å². The van der Waals surface area contributed by atoms with E-state index in [4.69, 9.17) is 0 Å². The number of nitrogens with one attached hydrogen (secondary N) is 2. The van der Waals surface area contributed by atoms with Gasteiger partial charge in [-0.1, -0.05) is 0 Å². The summed E-state index contributed by atoms with van der Waals surface area (Å²) in [5.74, 6) is 1.55. The molecule has 17 heavy (non-hydrogen) atoms. The standard InChI is InChI=1S/C12H15N5/c1-2-15-11-8-14-9-12(17-11)16-7-10-3-5-13-6-4-10/h3-6,8-9H,2,7H2,1H3,(H2,15,16,17). The molecule has 0 aromatic carbocycles. The van der Waals surface area contributed by atoms with Crippen molar-refractivity contribution in [2.24, 2.45) is 0 Å². The van der Waals surface area contributed by atoms with Crippen molar-refractivity contribution in [1.29, 1.82) is 0 Å². The molecule has 0 radical (unpaired) electrons. The lowest BCUT2D eigenvalue weighted by molar-refractivity contribution is 1.06. The Morgan fingerprint density at radius 1 is 1.00 bits per heavy atom. The predicted octanol–water partition coefficient (Wildman–Crippen LogP) is 1.92. The van der Waals surface area contributed by atoms with Crippen LogP contribution in [0.4, 0.5) is 11.6 Å². The maximum absolute atomic E-state index is 4.38. The Labute approximate surface area is 100 Å². The van der Waals surface area contributed by atoms with Gasteiger partial charge in [-0.05, 0) is 24.6 Å². The molecule has 0 aliphatic carbocycles. The van der Waals surface area contributed by atoms with Gasteiger partial charge in [0.25, 0.3) is 0 Å². The average molecular weight is 229 g/mol. The number of hydrogen-bond donors (Lipinski definition) is 2. The first kappa shape index (κ1) is 11.3. The Morgan fingerprint density at radius 2 is 1.71 bits per heavy atom. The summed E-state index contributed by atoms with van der Waals surface area (Å²) in [6.45, 7) is 3.58. The van der Waals surface area contributed by atoms with E-state index in [1.165, 1.54) is 0 Å². The molecule has 0 spiro atoms. The number of aromatic nitrogens is 3. The molecular formula is C12H15N5. The molecule has 2 N–H and O–H groups in total. The van der Waals surface area contributed by atoms with Crippen LogP contribution in [0.5, 0.6) is 0 Å². The minimum absolute atomic E-state index is 0.715. The zero-order chi connectivity index (χ0) is 11.9. The molecule has 0 amide bonds. The first-order valence-corrected chi connectivity index (χ1v) is 5.57. The van der Waals surface area contributed by atoms with Gasteiger partial charge in [0.2, 0.25) is 0 Å².